The topological polar surface area (TPSA) is 118 Å². The van der Waals surface area contributed by atoms with Gasteiger partial charge in [-0.15, -0.1) is 0 Å². The molecule has 0 radical (unpaired) electrons. The van der Waals surface area contributed by atoms with Gasteiger partial charge in [-0.1, -0.05) is 12.1 Å². The van der Waals surface area contributed by atoms with E-state index in [1.165, 1.54) is 6.20 Å². The molecule has 4 heterocycles. The Morgan fingerprint density at radius 1 is 1.06 bits per heavy atom. The summed E-state index contributed by atoms with van der Waals surface area (Å²) in [6.07, 6.45) is 7.93. The van der Waals surface area contributed by atoms with Gasteiger partial charge in [-0.2, -0.15) is 10.2 Å². The first-order chi connectivity index (χ1) is 17.2. The van der Waals surface area contributed by atoms with E-state index < -0.39 is 9.84 Å². The van der Waals surface area contributed by atoms with Crippen molar-refractivity contribution in [2.45, 2.75) is 31.6 Å². The molecule has 184 valence electrons. The van der Waals surface area contributed by atoms with Crippen molar-refractivity contribution in [1.29, 1.82) is 0 Å². The maximum absolute atomic E-state index is 12.0. The molecule has 36 heavy (non-hydrogen) atoms. The highest BCUT2D eigenvalue weighted by molar-refractivity contribution is 7.90. The third-order valence-electron chi connectivity index (χ3n) is 5.74. The maximum atomic E-state index is 12.0. The number of fused-ring (bicyclic) bond motifs is 1. The lowest BCUT2D eigenvalue weighted by Crippen LogP contribution is -2.04. The second-order valence-electron chi connectivity index (χ2n) is 8.75. The molecule has 0 aliphatic rings. The minimum atomic E-state index is -3.56. The first-order valence-electron chi connectivity index (χ1n) is 11.3. The monoisotopic (exact) mass is 503 g/mol. The second-order valence-corrected chi connectivity index (χ2v) is 10.7. The van der Waals surface area contributed by atoms with Crippen LogP contribution >= 0.6 is 0 Å². The molecule has 0 bridgehead atoms. The Labute approximate surface area is 208 Å². The molecular weight excluding hydrogens is 478 g/mol. The van der Waals surface area contributed by atoms with E-state index in [2.05, 4.69) is 15.1 Å². The van der Waals surface area contributed by atoms with Crippen LogP contribution in [0.15, 0.2) is 66.3 Å². The van der Waals surface area contributed by atoms with Gasteiger partial charge in [-0.25, -0.2) is 28.1 Å². The number of aromatic nitrogens is 7. The number of hydrogen-bond acceptors (Lipinski definition) is 8. The Kier molecular flexibility index (Phi) is 6.00. The van der Waals surface area contributed by atoms with Crippen molar-refractivity contribution in [1.82, 2.24) is 34.5 Å². The standard InChI is InChI=1S/C25H25N7O3S/c1-16(2)31-15-21(22-9-10-26-25(29-22)36(4,33)34)23(30-31)18-11-19-13-28-32(24(19)27-12-18)14-17-5-7-20(35-3)8-6-17/h5-13,15-16H,14H2,1-4H3. The van der Waals surface area contributed by atoms with Gasteiger partial charge in [0.1, 0.15) is 11.4 Å². The number of methoxy groups -OCH3 is 1. The smallest absolute Gasteiger partial charge is 0.247 e. The molecule has 0 amide bonds. The molecule has 1 aromatic carbocycles. The highest BCUT2D eigenvalue weighted by atomic mass is 32.2. The average molecular weight is 504 g/mol. The fourth-order valence-electron chi connectivity index (χ4n) is 3.85. The van der Waals surface area contributed by atoms with Crippen molar-refractivity contribution in [3.8, 4) is 28.3 Å². The van der Waals surface area contributed by atoms with E-state index in [0.29, 0.717) is 23.5 Å². The molecule has 11 heteroatoms. The van der Waals surface area contributed by atoms with Gasteiger partial charge in [0.25, 0.3) is 0 Å². The van der Waals surface area contributed by atoms with Crippen LogP contribution in [0.25, 0.3) is 33.5 Å². The molecule has 4 aromatic heterocycles. The van der Waals surface area contributed by atoms with Gasteiger partial charge in [0.2, 0.25) is 15.0 Å². The molecule has 0 fully saturated rings. The fraction of sp³-hybridized carbons (Fsp3) is 0.240. The van der Waals surface area contributed by atoms with Crippen molar-refractivity contribution in [3.63, 3.8) is 0 Å². The molecule has 0 spiro atoms. The summed E-state index contributed by atoms with van der Waals surface area (Å²) in [6.45, 7) is 4.61. The zero-order valence-corrected chi connectivity index (χ0v) is 21.1. The van der Waals surface area contributed by atoms with Crippen LogP contribution in [0.4, 0.5) is 0 Å². The van der Waals surface area contributed by atoms with E-state index in [9.17, 15) is 8.42 Å². The molecule has 0 saturated carbocycles. The van der Waals surface area contributed by atoms with Crippen LogP contribution in [-0.4, -0.2) is 56.3 Å². The van der Waals surface area contributed by atoms with Gasteiger partial charge < -0.3 is 4.74 Å². The Bertz CT molecular complexity index is 1660. The first-order valence-corrected chi connectivity index (χ1v) is 13.2. The number of pyridine rings is 1. The first kappa shape index (κ1) is 23.6. The van der Waals surface area contributed by atoms with Crippen LogP contribution in [0.1, 0.15) is 25.5 Å². The third kappa shape index (κ3) is 4.57. The van der Waals surface area contributed by atoms with Crippen LogP contribution in [0.3, 0.4) is 0 Å². The molecule has 0 aliphatic heterocycles. The van der Waals surface area contributed by atoms with Crippen molar-refractivity contribution >= 4 is 20.9 Å². The maximum Gasteiger partial charge on any atom is 0.247 e. The molecule has 5 aromatic rings. The summed E-state index contributed by atoms with van der Waals surface area (Å²) in [6, 6.07) is 11.6. The van der Waals surface area contributed by atoms with Gasteiger partial charge in [0, 0.05) is 47.4 Å². The van der Waals surface area contributed by atoms with Crippen LogP contribution in [0.5, 0.6) is 5.75 Å². The summed E-state index contributed by atoms with van der Waals surface area (Å²) < 4.78 is 32.9. The van der Waals surface area contributed by atoms with Crippen LogP contribution in [0, 0.1) is 0 Å². The largest absolute Gasteiger partial charge is 0.497 e. The predicted octanol–water partition coefficient (Wildman–Crippen LogP) is 3.79. The lowest BCUT2D eigenvalue weighted by Gasteiger charge is -2.06. The average Bonchev–Trinajstić information content (AvgIpc) is 3.49. The zero-order chi connectivity index (χ0) is 25.4. The highest BCUT2D eigenvalue weighted by Crippen LogP contribution is 2.32. The molecule has 0 atom stereocenters. The van der Waals surface area contributed by atoms with E-state index in [0.717, 1.165) is 34.2 Å². The molecule has 0 aliphatic carbocycles. The Hall–Kier alpha value is -4.12. The van der Waals surface area contributed by atoms with Gasteiger partial charge in [0.15, 0.2) is 5.65 Å². The summed E-state index contributed by atoms with van der Waals surface area (Å²) in [5.74, 6) is 0.802. The SMILES string of the molecule is COc1ccc(Cn2ncc3cc(-c4nn(C(C)C)cc4-c4ccnc(S(C)(=O)=O)n4)cnc32)cc1. The van der Waals surface area contributed by atoms with Crippen molar-refractivity contribution in [2.75, 3.05) is 13.4 Å². The van der Waals surface area contributed by atoms with E-state index in [-0.39, 0.29) is 11.2 Å². The molecule has 0 saturated heterocycles. The molecule has 5 rings (SSSR count). The van der Waals surface area contributed by atoms with Gasteiger partial charge in [-0.05, 0) is 43.7 Å². The van der Waals surface area contributed by atoms with E-state index in [1.807, 2.05) is 59.7 Å². The number of benzene rings is 1. The normalized spacial score (nSPS) is 11.9. The summed E-state index contributed by atoms with van der Waals surface area (Å²) in [5.41, 5.74) is 4.43. The second kappa shape index (κ2) is 9.15. The minimum absolute atomic E-state index is 0.0950. The summed E-state index contributed by atoms with van der Waals surface area (Å²) in [5, 5.41) is 9.95. The molecular formula is C25H25N7O3S. The quantitative estimate of drug-likeness (QED) is 0.308. The number of rotatable bonds is 7. The highest BCUT2D eigenvalue weighted by Gasteiger charge is 2.19. The molecule has 0 unspecified atom stereocenters. The Morgan fingerprint density at radius 2 is 1.83 bits per heavy atom. The molecule has 0 N–H and O–H groups in total. The van der Waals surface area contributed by atoms with Gasteiger partial charge in [0.05, 0.1) is 25.5 Å². The summed E-state index contributed by atoms with van der Waals surface area (Å²) in [4.78, 5) is 12.9. The third-order valence-corrected chi connectivity index (χ3v) is 6.60. The van der Waals surface area contributed by atoms with E-state index >= 15 is 0 Å². The summed E-state index contributed by atoms with van der Waals surface area (Å²) >= 11 is 0. The number of hydrogen-bond donors (Lipinski definition) is 0. The predicted molar refractivity (Wildman–Crippen MR) is 135 cm³/mol. The molecule has 10 nitrogen and oxygen atoms in total. The lowest BCUT2D eigenvalue weighted by atomic mass is 10.1. The Balaban J connectivity index is 1.55. The number of nitrogens with zero attached hydrogens (tertiary/aromatic N) is 7. The van der Waals surface area contributed by atoms with Crippen LogP contribution in [0.2, 0.25) is 0 Å². The minimum Gasteiger partial charge on any atom is -0.497 e. The van der Waals surface area contributed by atoms with Crippen LogP contribution < -0.4 is 4.74 Å². The fourth-order valence-corrected chi connectivity index (χ4v) is 4.36. The van der Waals surface area contributed by atoms with Gasteiger partial charge >= 0.3 is 0 Å². The zero-order valence-electron chi connectivity index (χ0n) is 20.3. The Morgan fingerprint density at radius 3 is 2.53 bits per heavy atom. The number of sulfone groups is 1. The van der Waals surface area contributed by atoms with E-state index in [4.69, 9.17) is 14.8 Å². The van der Waals surface area contributed by atoms with E-state index in [1.54, 1.807) is 25.6 Å². The summed E-state index contributed by atoms with van der Waals surface area (Å²) in [7, 11) is -1.91. The number of ether oxygens (including phenoxy) is 1. The van der Waals surface area contributed by atoms with Crippen molar-refractivity contribution in [2.24, 2.45) is 0 Å². The van der Waals surface area contributed by atoms with Crippen molar-refractivity contribution in [3.05, 3.63) is 66.7 Å². The van der Waals surface area contributed by atoms with Crippen LogP contribution in [-0.2, 0) is 16.4 Å². The van der Waals surface area contributed by atoms with Crippen molar-refractivity contribution < 1.29 is 13.2 Å². The lowest BCUT2D eigenvalue weighted by molar-refractivity contribution is 0.414. The van der Waals surface area contributed by atoms with Gasteiger partial charge in [-0.3, -0.25) is 4.68 Å².